The van der Waals surface area contributed by atoms with Crippen molar-refractivity contribution in [3.63, 3.8) is 0 Å². The molecule has 0 radical (unpaired) electrons. The number of aliphatic hydroxyl groups excluding tert-OH is 1. The van der Waals surface area contributed by atoms with Gasteiger partial charge in [0.1, 0.15) is 0 Å². The normalized spacial score (nSPS) is 14.3. The Morgan fingerprint density at radius 2 is 2.06 bits per heavy atom. The molecule has 18 heavy (non-hydrogen) atoms. The molecule has 0 aromatic heterocycles. The van der Waals surface area contributed by atoms with Crippen LogP contribution < -0.4 is 4.74 Å². The van der Waals surface area contributed by atoms with Gasteiger partial charge in [-0.15, -0.1) is 0 Å². The van der Waals surface area contributed by atoms with Gasteiger partial charge in [0.2, 0.25) is 0 Å². The zero-order valence-corrected chi connectivity index (χ0v) is 12.6. The van der Waals surface area contributed by atoms with Crippen molar-refractivity contribution >= 4 is 15.9 Å². The fraction of sp³-hybridized carbons (Fsp3) is 0.571. The van der Waals surface area contributed by atoms with Crippen LogP contribution in [0.2, 0.25) is 0 Å². The third-order valence-electron chi connectivity index (χ3n) is 2.97. The van der Waals surface area contributed by atoms with Gasteiger partial charge in [-0.1, -0.05) is 36.2 Å². The molecule has 0 bridgehead atoms. The minimum Gasteiger partial charge on any atom is -0.491 e. The predicted octanol–water partition coefficient (Wildman–Crippen LogP) is 4.46. The second kappa shape index (κ2) is 7.10. The Morgan fingerprint density at radius 3 is 2.61 bits per heavy atom. The molecule has 0 saturated carbocycles. The average Bonchev–Trinajstić information content (AvgIpc) is 2.33. The number of ether oxygens (including phenoxy) is 1. The number of hydrogen-bond acceptors (Lipinski definition) is 2. The molecule has 2 unspecified atom stereocenters. The van der Waals surface area contributed by atoms with E-state index in [9.17, 15) is 9.50 Å². The topological polar surface area (TPSA) is 29.5 Å². The van der Waals surface area contributed by atoms with Crippen molar-refractivity contribution in [1.82, 2.24) is 0 Å². The molecule has 0 heterocycles. The van der Waals surface area contributed by atoms with E-state index in [0.717, 1.165) is 12.8 Å². The van der Waals surface area contributed by atoms with Crippen LogP contribution in [0.4, 0.5) is 4.39 Å². The number of aliphatic hydroxyl groups is 1. The molecule has 1 N–H and O–H groups in total. The van der Waals surface area contributed by atoms with E-state index in [1.165, 1.54) is 0 Å². The molecule has 2 nitrogen and oxygen atoms in total. The van der Waals surface area contributed by atoms with Crippen molar-refractivity contribution < 1.29 is 14.2 Å². The van der Waals surface area contributed by atoms with Crippen LogP contribution in [0, 0.1) is 11.7 Å². The quantitative estimate of drug-likeness (QED) is 0.839. The first kappa shape index (κ1) is 15.4. The number of rotatable bonds is 6. The third-order valence-corrected chi connectivity index (χ3v) is 3.66. The number of benzene rings is 1. The van der Waals surface area contributed by atoms with Crippen molar-refractivity contribution in [3.8, 4) is 5.75 Å². The first-order valence-corrected chi connectivity index (χ1v) is 7.10. The molecule has 102 valence electrons. The van der Waals surface area contributed by atoms with Gasteiger partial charge < -0.3 is 9.84 Å². The summed E-state index contributed by atoms with van der Waals surface area (Å²) in [6.07, 6.45) is 0.994. The van der Waals surface area contributed by atoms with Gasteiger partial charge >= 0.3 is 0 Å². The van der Waals surface area contributed by atoms with Gasteiger partial charge in [-0.25, -0.2) is 4.39 Å². The highest BCUT2D eigenvalue weighted by atomic mass is 79.9. The molecular formula is C14H20BrFO2. The fourth-order valence-electron chi connectivity index (χ4n) is 1.99. The predicted molar refractivity (Wildman–Crippen MR) is 74.3 cm³/mol. The Bertz CT molecular complexity index is 396. The second-order valence-corrected chi connectivity index (χ2v) is 5.27. The summed E-state index contributed by atoms with van der Waals surface area (Å²) in [4.78, 5) is 0. The molecule has 1 aromatic carbocycles. The molecule has 0 amide bonds. The molecule has 1 aromatic rings. The van der Waals surface area contributed by atoms with E-state index < -0.39 is 11.9 Å². The van der Waals surface area contributed by atoms with Gasteiger partial charge in [0.05, 0.1) is 12.7 Å². The zero-order chi connectivity index (χ0) is 13.7. The van der Waals surface area contributed by atoms with E-state index in [1.54, 1.807) is 19.1 Å². The Balaban J connectivity index is 3.09. The molecule has 2 atom stereocenters. The molecule has 0 aliphatic heterocycles. The van der Waals surface area contributed by atoms with E-state index in [2.05, 4.69) is 15.9 Å². The van der Waals surface area contributed by atoms with Crippen molar-refractivity contribution in [3.05, 3.63) is 28.0 Å². The van der Waals surface area contributed by atoms with Crippen LogP contribution in [0.5, 0.6) is 5.75 Å². The summed E-state index contributed by atoms with van der Waals surface area (Å²) in [5.74, 6) is -0.266. The number of hydrogen-bond donors (Lipinski definition) is 1. The lowest BCUT2D eigenvalue weighted by molar-refractivity contribution is 0.107. The summed E-state index contributed by atoms with van der Waals surface area (Å²) in [6.45, 7) is 6.18. The first-order chi connectivity index (χ1) is 8.52. The molecular weight excluding hydrogens is 299 g/mol. The lowest BCUT2D eigenvalue weighted by Gasteiger charge is -2.21. The van der Waals surface area contributed by atoms with Gasteiger partial charge in [-0.3, -0.25) is 0 Å². The molecule has 0 aliphatic carbocycles. The van der Waals surface area contributed by atoms with Crippen LogP contribution in [0.15, 0.2) is 16.6 Å². The van der Waals surface area contributed by atoms with E-state index in [4.69, 9.17) is 4.74 Å². The molecule has 4 heteroatoms. The van der Waals surface area contributed by atoms with Crippen molar-refractivity contribution in [2.45, 2.75) is 39.7 Å². The van der Waals surface area contributed by atoms with Crippen LogP contribution in [-0.2, 0) is 0 Å². The van der Waals surface area contributed by atoms with Crippen molar-refractivity contribution in [2.75, 3.05) is 6.61 Å². The Hall–Kier alpha value is -0.610. The Labute approximate surface area is 116 Å². The fourth-order valence-corrected chi connectivity index (χ4v) is 2.53. The van der Waals surface area contributed by atoms with Gasteiger partial charge in [0, 0.05) is 10.0 Å². The average molecular weight is 319 g/mol. The van der Waals surface area contributed by atoms with E-state index in [-0.39, 0.29) is 11.7 Å². The largest absolute Gasteiger partial charge is 0.491 e. The molecule has 0 spiro atoms. The van der Waals surface area contributed by atoms with Crippen molar-refractivity contribution in [1.29, 1.82) is 0 Å². The van der Waals surface area contributed by atoms with Gasteiger partial charge in [0.15, 0.2) is 11.6 Å². The van der Waals surface area contributed by atoms with Crippen LogP contribution in [0.3, 0.4) is 0 Å². The van der Waals surface area contributed by atoms with E-state index in [0.29, 0.717) is 16.6 Å². The van der Waals surface area contributed by atoms with Gasteiger partial charge in [-0.2, -0.15) is 0 Å². The zero-order valence-electron chi connectivity index (χ0n) is 11.0. The van der Waals surface area contributed by atoms with Crippen LogP contribution in [-0.4, -0.2) is 11.7 Å². The summed E-state index contributed by atoms with van der Waals surface area (Å²) in [5.41, 5.74) is 0.293. The van der Waals surface area contributed by atoms with Crippen LogP contribution in [0.25, 0.3) is 0 Å². The maximum atomic E-state index is 14.3. The van der Waals surface area contributed by atoms with E-state index >= 15 is 0 Å². The van der Waals surface area contributed by atoms with Crippen molar-refractivity contribution in [2.24, 2.45) is 5.92 Å². The van der Waals surface area contributed by atoms with Crippen LogP contribution >= 0.6 is 15.9 Å². The SMILES string of the molecule is CCCC(C)C(O)c1c(Br)ccc(OCC)c1F. The number of halogens is 2. The van der Waals surface area contributed by atoms with E-state index in [1.807, 2.05) is 13.8 Å². The Kier molecular flexibility index (Phi) is 6.09. The van der Waals surface area contributed by atoms with Gasteiger partial charge in [0.25, 0.3) is 0 Å². The lowest BCUT2D eigenvalue weighted by atomic mass is 9.93. The maximum Gasteiger partial charge on any atom is 0.171 e. The third kappa shape index (κ3) is 3.45. The van der Waals surface area contributed by atoms with Gasteiger partial charge in [-0.05, 0) is 31.4 Å². The summed E-state index contributed by atoms with van der Waals surface area (Å²) in [5, 5.41) is 10.2. The minimum absolute atomic E-state index is 0.0117. The summed E-state index contributed by atoms with van der Waals surface area (Å²) in [7, 11) is 0. The standard InChI is InChI=1S/C14H20BrFO2/c1-4-6-9(3)14(17)12-10(15)7-8-11(13(12)16)18-5-2/h7-9,14,17H,4-6H2,1-3H3. The lowest BCUT2D eigenvalue weighted by Crippen LogP contribution is -2.12. The molecule has 1 rings (SSSR count). The minimum atomic E-state index is -0.820. The van der Waals surface area contributed by atoms with Crippen LogP contribution in [0.1, 0.15) is 45.3 Å². The smallest absolute Gasteiger partial charge is 0.171 e. The molecule has 0 saturated heterocycles. The molecule has 0 aliphatic rings. The highest BCUT2D eigenvalue weighted by Gasteiger charge is 2.24. The summed E-state index contributed by atoms with van der Waals surface area (Å²) < 4.78 is 20.1. The Morgan fingerprint density at radius 1 is 1.39 bits per heavy atom. The highest BCUT2D eigenvalue weighted by molar-refractivity contribution is 9.10. The molecule has 0 fully saturated rings. The highest BCUT2D eigenvalue weighted by Crippen LogP contribution is 2.36. The second-order valence-electron chi connectivity index (χ2n) is 4.42. The maximum absolute atomic E-state index is 14.3. The summed E-state index contributed by atoms with van der Waals surface area (Å²) >= 11 is 3.30. The first-order valence-electron chi connectivity index (χ1n) is 6.31. The summed E-state index contributed by atoms with van der Waals surface area (Å²) in [6, 6.07) is 3.29. The monoisotopic (exact) mass is 318 g/mol.